The predicted molar refractivity (Wildman–Crippen MR) is 529 cm³/mol. The lowest BCUT2D eigenvalue weighted by Crippen LogP contribution is -2.57. The molecule has 0 bridgehead atoms. The minimum absolute atomic E-state index is 0.0986. The maximum absolute atomic E-state index is 6.56. The number of benzene rings is 21. The summed E-state index contributed by atoms with van der Waals surface area (Å²) in [6, 6.07) is 120. The molecule has 6 nitrogen and oxygen atoms in total. The Bertz CT molecular complexity index is 9350. The molecule has 576 valence electrons. The SMILES string of the molecule is Cc1cc2c3c(c1)-c1cc4c5ccccc5oc4c4cccc(c14)B3c1cccc3c1c-2cc1c2ccccc2oc31.Cc1cc2c3c(c1)-c1cc4oc5ccccc5c4c4cccc(c14)B3c1cccc3c1c-2cc1oc2ccccc2c13.Cc1cc2c3c(c1)-c1cccc4c1c(cc1c5ccccc5oc41)B3c1cc3c4ccccc4oc3c3cccc-2c13. The third kappa shape index (κ3) is 8.33. The number of hydrogen-bond donors (Lipinski definition) is 0. The van der Waals surface area contributed by atoms with Gasteiger partial charge in [0.25, 0.3) is 0 Å². The lowest BCUT2D eigenvalue weighted by molar-refractivity contribution is 0.669. The molecule has 33 rings (SSSR count). The minimum Gasteiger partial charge on any atom is -0.456 e. The molecule has 6 aromatic heterocycles. The largest absolute Gasteiger partial charge is 0.456 e. The van der Waals surface area contributed by atoms with Gasteiger partial charge in [-0.05, 0) is 208 Å². The van der Waals surface area contributed by atoms with Crippen LogP contribution in [0.4, 0.5) is 0 Å². The molecule has 0 amide bonds. The fraction of sp³-hybridized carbons (Fsp3) is 0.0256. The van der Waals surface area contributed by atoms with Crippen molar-refractivity contribution in [2.24, 2.45) is 0 Å². The molecule has 12 heterocycles. The van der Waals surface area contributed by atoms with Gasteiger partial charge in [-0.15, -0.1) is 0 Å². The maximum atomic E-state index is 6.56. The fourth-order valence-corrected chi connectivity index (χ4v) is 25.0. The topological polar surface area (TPSA) is 78.8 Å². The van der Waals surface area contributed by atoms with Crippen molar-refractivity contribution in [2.75, 3.05) is 0 Å². The number of rotatable bonds is 0. The summed E-state index contributed by atoms with van der Waals surface area (Å²) in [4.78, 5) is 0. The predicted octanol–water partition coefficient (Wildman–Crippen LogP) is 25.7. The molecule has 0 radical (unpaired) electrons. The standard InChI is InChI=1S/3C39H21BO2/c1-20-16-27-25-18-29-21-8-2-4-14-33(21)41-38(29)23-10-6-12-31(35(23)25)40-32-13-7-11-24-36(32)26(28(17-20)37(27)40)19-30-22-9-3-5-15-34(22)42-39(24)30;1-20-16-27-25-18-33-37(21-8-2-4-14-31(21)41-33)23-10-6-12-29(35(23)25)40-30-13-7-11-24-36(30)26(28(17-20)39(27)40)19-34-38(24)22-9-3-5-15-32(22)42-34;1-20-16-27-23-10-6-12-25-35(23)31(18-29-21-8-2-4-14-33(21)41-38(25)29)40-32-19-30-22-9-3-5-15-34(22)42-39(30)26-13-7-11-24(36(26)32)28(17-20)37(27)40/h3*2-19H,1H3. The van der Waals surface area contributed by atoms with Crippen molar-refractivity contribution in [3.63, 3.8) is 0 Å². The van der Waals surface area contributed by atoms with Gasteiger partial charge in [-0.3, -0.25) is 0 Å². The number of hydrogen-bond acceptors (Lipinski definition) is 6. The molecule has 0 N–H and O–H groups in total. The van der Waals surface area contributed by atoms with Gasteiger partial charge in [-0.25, -0.2) is 0 Å². The van der Waals surface area contributed by atoms with Crippen molar-refractivity contribution in [2.45, 2.75) is 20.8 Å². The zero-order chi connectivity index (χ0) is 81.8. The lowest BCUT2D eigenvalue weighted by Gasteiger charge is -2.34. The Labute approximate surface area is 718 Å². The minimum atomic E-state index is 0.0986. The molecule has 0 aliphatic carbocycles. The van der Waals surface area contributed by atoms with Gasteiger partial charge in [0.1, 0.15) is 67.0 Å². The van der Waals surface area contributed by atoms with Crippen LogP contribution in [-0.2, 0) is 0 Å². The van der Waals surface area contributed by atoms with Crippen molar-refractivity contribution in [3.8, 4) is 66.8 Å². The highest BCUT2D eigenvalue weighted by atomic mass is 16.3. The van der Waals surface area contributed by atoms with Gasteiger partial charge in [0, 0.05) is 86.2 Å². The smallest absolute Gasteiger partial charge is 0.244 e. The fourth-order valence-electron chi connectivity index (χ4n) is 25.0. The van der Waals surface area contributed by atoms with E-state index in [1.165, 1.54) is 262 Å². The first-order chi connectivity index (χ1) is 62.2. The second-order valence-corrected chi connectivity index (χ2v) is 36.1. The summed E-state index contributed by atoms with van der Waals surface area (Å²) in [5, 5.41) is 29.4. The molecule has 0 saturated carbocycles. The van der Waals surface area contributed by atoms with Gasteiger partial charge in [0.2, 0.25) is 20.1 Å². The second kappa shape index (κ2) is 23.5. The highest BCUT2D eigenvalue weighted by molar-refractivity contribution is 7.03. The first-order valence-electron chi connectivity index (χ1n) is 43.9. The van der Waals surface area contributed by atoms with Crippen LogP contribution in [0.2, 0.25) is 0 Å². The molecule has 0 spiro atoms. The van der Waals surface area contributed by atoms with Crippen molar-refractivity contribution in [3.05, 3.63) is 344 Å². The van der Waals surface area contributed by atoms with Crippen molar-refractivity contribution in [1.29, 1.82) is 0 Å². The van der Waals surface area contributed by atoms with Crippen LogP contribution in [0.3, 0.4) is 0 Å². The lowest BCUT2D eigenvalue weighted by atomic mass is 9.31. The monoisotopic (exact) mass is 1600 g/mol. The summed E-state index contributed by atoms with van der Waals surface area (Å²) < 4.78 is 39.2. The van der Waals surface area contributed by atoms with Crippen LogP contribution in [0.15, 0.2) is 354 Å². The average Bonchev–Trinajstić information content (AvgIpc) is 1.63. The summed E-state index contributed by atoms with van der Waals surface area (Å²) in [7, 11) is 0. The van der Waals surface area contributed by atoms with E-state index in [0.717, 1.165) is 67.0 Å². The van der Waals surface area contributed by atoms with Crippen LogP contribution in [0, 0.1) is 20.8 Å². The molecule has 0 atom stereocenters. The van der Waals surface area contributed by atoms with Crippen molar-refractivity contribution < 1.29 is 26.5 Å². The molecule has 27 aromatic rings. The molecular formula is C117H63B3O6. The molecular weight excluding hydrogens is 1530 g/mol. The summed E-state index contributed by atoms with van der Waals surface area (Å²) in [6.07, 6.45) is 0. The van der Waals surface area contributed by atoms with Crippen LogP contribution < -0.4 is 49.2 Å². The summed E-state index contributed by atoms with van der Waals surface area (Å²) in [6.45, 7) is 7.06. The van der Waals surface area contributed by atoms with Crippen molar-refractivity contribution in [1.82, 2.24) is 0 Å². The molecule has 126 heavy (non-hydrogen) atoms. The molecule has 6 aliphatic rings. The van der Waals surface area contributed by atoms with E-state index in [2.05, 4.69) is 348 Å². The van der Waals surface area contributed by atoms with E-state index in [-0.39, 0.29) is 20.1 Å². The highest BCUT2D eigenvalue weighted by Crippen LogP contribution is 2.52. The van der Waals surface area contributed by atoms with Crippen molar-refractivity contribution >= 4 is 266 Å². The third-order valence-corrected chi connectivity index (χ3v) is 29.6. The van der Waals surface area contributed by atoms with Crippen LogP contribution in [0.25, 0.3) is 263 Å². The highest BCUT2D eigenvalue weighted by Gasteiger charge is 2.45. The van der Waals surface area contributed by atoms with E-state index in [1.54, 1.807) is 0 Å². The Balaban J connectivity index is 0.0000000905. The van der Waals surface area contributed by atoms with E-state index in [0.29, 0.717) is 0 Å². The maximum Gasteiger partial charge on any atom is 0.244 e. The van der Waals surface area contributed by atoms with Gasteiger partial charge in [-0.2, -0.15) is 0 Å². The zero-order valence-electron chi connectivity index (χ0n) is 68.4. The van der Waals surface area contributed by atoms with Crippen LogP contribution in [0.1, 0.15) is 16.7 Å². The molecule has 0 fully saturated rings. The van der Waals surface area contributed by atoms with E-state index in [1.807, 2.05) is 0 Å². The first kappa shape index (κ1) is 66.8. The molecule has 9 heteroatoms. The van der Waals surface area contributed by atoms with Crippen LogP contribution >= 0.6 is 0 Å². The van der Waals surface area contributed by atoms with Crippen LogP contribution in [0.5, 0.6) is 0 Å². The summed E-state index contributed by atoms with van der Waals surface area (Å²) in [5.74, 6) is 0. The van der Waals surface area contributed by atoms with E-state index in [4.69, 9.17) is 26.5 Å². The molecule has 0 saturated heterocycles. The Morgan fingerprint density at radius 1 is 0.151 bits per heavy atom. The van der Waals surface area contributed by atoms with Gasteiger partial charge in [0.05, 0.1) is 0 Å². The molecule has 6 aliphatic heterocycles. The summed E-state index contributed by atoms with van der Waals surface area (Å²) >= 11 is 0. The Morgan fingerprint density at radius 2 is 0.389 bits per heavy atom. The van der Waals surface area contributed by atoms with Gasteiger partial charge in [0.15, 0.2) is 0 Å². The number of aryl methyl sites for hydroxylation is 3. The Morgan fingerprint density at radius 3 is 0.722 bits per heavy atom. The second-order valence-electron chi connectivity index (χ2n) is 36.1. The quantitative estimate of drug-likeness (QED) is 0.141. The summed E-state index contributed by atoms with van der Waals surface area (Å²) in [5.41, 5.74) is 43.4. The van der Waals surface area contributed by atoms with E-state index < -0.39 is 0 Å². The number of para-hydroxylation sites is 6. The molecule has 21 aromatic carbocycles. The number of furan rings is 6. The van der Waals surface area contributed by atoms with Gasteiger partial charge in [-0.1, -0.05) is 316 Å². The average molecular weight is 1600 g/mol. The van der Waals surface area contributed by atoms with Crippen LogP contribution in [-0.4, -0.2) is 20.1 Å². The zero-order valence-corrected chi connectivity index (χ0v) is 68.4. The Hall–Kier alpha value is -15.8. The van der Waals surface area contributed by atoms with E-state index >= 15 is 0 Å². The number of fused-ring (bicyclic) bond motifs is 36. The van der Waals surface area contributed by atoms with E-state index in [9.17, 15) is 0 Å². The van der Waals surface area contributed by atoms with Gasteiger partial charge < -0.3 is 26.5 Å². The first-order valence-corrected chi connectivity index (χ1v) is 43.9. The van der Waals surface area contributed by atoms with Gasteiger partial charge >= 0.3 is 0 Å². The third-order valence-electron chi connectivity index (χ3n) is 29.6. The molecule has 0 unspecified atom stereocenters. The Kier molecular flexibility index (Phi) is 12.5. The normalized spacial score (nSPS) is 13.3.